The molecule has 9 heteroatoms. The monoisotopic (exact) mass is 346 g/mol. The average molecular weight is 346 g/mol. The summed E-state index contributed by atoms with van der Waals surface area (Å²) in [5.41, 5.74) is 0. The van der Waals surface area contributed by atoms with Crippen molar-refractivity contribution in [2.45, 2.75) is 6.42 Å². The zero-order valence-electron chi connectivity index (χ0n) is 12.1. The second-order valence-corrected chi connectivity index (χ2v) is 7.35. The van der Waals surface area contributed by atoms with Gasteiger partial charge in [0.05, 0.1) is 6.26 Å². The molecule has 0 radical (unpaired) electrons. The predicted octanol–water partition coefficient (Wildman–Crippen LogP) is 0.299. The molecule has 1 rings (SSSR count). The first-order chi connectivity index (χ1) is 10.3. The van der Waals surface area contributed by atoms with Crippen LogP contribution in [0.1, 0.15) is 14.5 Å². The Bertz CT molecular complexity index is 637. The maximum absolute atomic E-state index is 11.7. The molecule has 0 aromatic carbocycles. The predicted molar refractivity (Wildman–Crippen MR) is 84.4 cm³/mol. The Balaban J connectivity index is 2.41. The average Bonchev–Trinajstić information content (AvgIpc) is 2.90. The van der Waals surface area contributed by atoms with Crippen molar-refractivity contribution in [2.24, 2.45) is 0 Å². The number of esters is 1. The van der Waals surface area contributed by atoms with Crippen LogP contribution >= 0.6 is 11.3 Å². The number of amides is 1. The van der Waals surface area contributed by atoms with E-state index < -0.39 is 21.9 Å². The van der Waals surface area contributed by atoms with Gasteiger partial charge in [-0.15, -0.1) is 17.9 Å². The topological polar surface area (TPSA) is 102 Å². The number of carbonyl (C=O) groups excluding carboxylic acids is 2. The van der Waals surface area contributed by atoms with Crippen LogP contribution in [0.5, 0.6) is 0 Å². The van der Waals surface area contributed by atoms with Gasteiger partial charge in [0.25, 0.3) is 5.91 Å². The molecule has 2 N–H and O–H groups in total. The lowest BCUT2D eigenvalue weighted by Gasteiger charge is -2.03. The van der Waals surface area contributed by atoms with Crippen molar-refractivity contribution in [3.05, 3.63) is 34.5 Å². The highest BCUT2D eigenvalue weighted by molar-refractivity contribution is 7.88. The molecule has 1 aromatic rings. The molecule has 1 heterocycles. The number of hydrogen-bond donors (Lipinski definition) is 2. The van der Waals surface area contributed by atoms with E-state index in [1.165, 1.54) is 17.4 Å². The van der Waals surface area contributed by atoms with Gasteiger partial charge in [-0.3, -0.25) is 4.79 Å². The standard InChI is InChI=1S/C13H18N2O5S2/c1-3-7-14-12(16)9-20-13(17)11-5-4-10(21-11)6-8-15-22(2,18)19/h3-5,15H,1,6-9H2,2H3,(H,14,16). The first-order valence-electron chi connectivity index (χ1n) is 6.40. The number of sulfonamides is 1. The first-order valence-corrected chi connectivity index (χ1v) is 9.10. The second-order valence-electron chi connectivity index (χ2n) is 4.35. The van der Waals surface area contributed by atoms with Crippen LogP contribution in [-0.2, 0) is 26.0 Å². The highest BCUT2D eigenvalue weighted by atomic mass is 32.2. The summed E-state index contributed by atoms with van der Waals surface area (Å²) in [6.07, 6.45) is 3.09. The van der Waals surface area contributed by atoms with Gasteiger partial charge in [0, 0.05) is 18.0 Å². The van der Waals surface area contributed by atoms with Crippen molar-refractivity contribution in [2.75, 3.05) is 26.0 Å². The third-order valence-corrected chi connectivity index (χ3v) is 4.23. The minimum Gasteiger partial charge on any atom is -0.451 e. The van der Waals surface area contributed by atoms with Crippen molar-refractivity contribution in [1.82, 2.24) is 10.0 Å². The van der Waals surface area contributed by atoms with Crippen molar-refractivity contribution >= 4 is 33.2 Å². The third kappa shape index (κ3) is 7.34. The summed E-state index contributed by atoms with van der Waals surface area (Å²) in [5.74, 6) is -0.983. The fraction of sp³-hybridized carbons (Fsp3) is 0.385. The van der Waals surface area contributed by atoms with E-state index >= 15 is 0 Å². The van der Waals surface area contributed by atoms with E-state index in [2.05, 4.69) is 16.6 Å². The highest BCUT2D eigenvalue weighted by Gasteiger charge is 2.12. The van der Waals surface area contributed by atoms with Crippen LogP contribution < -0.4 is 10.0 Å². The summed E-state index contributed by atoms with van der Waals surface area (Å²) in [4.78, 5) is 24.2. The molecule has 0 aliphatic heterocycles. The highest BCUT2D eigenvalue weighted by Crippen LogP contribution is 2.17. The second kappa shape index (κ2) is 8.66. The van der Waals surface area contributed by atoms with E-state index in [4.69, 9.17) is 4.74 Å². The molecule has 1 amide bonds. The SMILES string of the molecule is C=CCNC(=O)COC(=O)c1ccc(CCNS(C)(=O)=O)s1. The number of ether oxygens (including phenoxy) is 1. The summed E-state index contributed by atoms with van der Waals surface area (Å²) in [6.45, 7) is 3.68. The smallest absolute Gasteiger partial charge is 0.348 e. The lowest BCUT2D eigenvalue weighted by molar-refractivity contribution is -0.124. The molecule has 0 fully saturated rings. The summed E-state index contributed by atoms with van der Waals surface area (Å²) in [7, 11) is -3.22. The maximum Gasteiger partial charge on any atom is 0.348 e. The summed E-state index contributed by atoms with van der Waals surface area (Å²) < 4.78 is 29.1. The molecule has 7 nitrogen and oxygen atoms in total. The van der Waals surface area contributed by atoms with Gasteiger partial charge in [-0.05, 0) is 18.6 Å². The normalized spacial score (nSPS) is 11.0. The van der Waals surface area contributed by atoms with E-state index in [-0.39, 0.29) is 13.2 Å². The Labute approximate surface area is 133 Å². The number of carbonyl (C=O) groups is 2. The molecular weight excluding hydrogens is 328 g/mol. The molecule has 0 aliphatic carbocycles. The minimum absolute atomic E-state index is 0.262. The van der Waals surface area contributed by atoms with Gasteiger partial charge < -0.3 is 10.1 Å². The van der Waals surface area contributed by atoms with Crippen LogP contribution in [0.4, 0.5) is 0 Å². The lowest BCUT2D eigenvalue weighted by atomic mass is 10.3. The minimum atomic E-state index is -3.22. The quantitative estimate of drug-likeness (QED) is 0.495. The van der Waals surface area contributed by atoms with Gasteiger partial charge in [-0.2, -0.15) is 0 Å². The fourth-order valence-corrected chi connectivity index (χ4v) is 2.79. The zero-order valence-corrected chi connectivity index (χ0v) is 13.8. The van der Waals surface area contributed by atoms with Gasteiger partial charge in [0.15, 0.2) is 6.61 Å². The molecule has 0 atom stereocenters. The van der Waals surface area contributed by atoms with Crippen LogP contribution in [0.2, 0.25) is 0 Å². The van der Waals surface area contributed by atoms with Crippen molar-refractivity contribution in [1.29, 1.82) is 0 Å². The molecular formula is C13H18N2O5S2. The molecule has 1 aromatic heterocycles. The van der Waals surface area contributed by atoms with E-state index in [0.29, 0.717) is 17.8 Å². The van der Waals surface area contributed by atoms with Crippen molar-refractivity contribution in [3.8, 4) is 0 Å². The third-order valence-electron chi connectivity index (χ3n) is 2.38. The maximum atomic E-state index is 11.7. The van der Waals surface area contributed by atoms with Gasteiger partial charge in [0.1, 0.15) is 4.88 Å². The molecule has 122 valence electrons. The lowest BCUT2D eigenvalue weighted by Crippen LogP contribution is -2.28. The molecule has 0 unspecified atom stereocenters. The summed E-state index contributed by atoms with van der Waals surface area (Å²) >= 11 is 1.20. The molecule has 22 heavy (non-hydrogen) atoms. The number of nitrogens with one attached hydrogen (secondary N) is 2. The Kier molecular flexibility index (Phi) is 7.22. The van der Waals surface area contributed by atoms with Gasteiger partial charge in [0.2, 0.25) is 10.0 Å². The van der Waals surface area contributed by atoms with Crippen LogP contribution in [0.15, 0.2) is 24.8 Å². The fourth-order valence-electron chi connectivity index (χ4n) is 1.42. The van der Waals surface area contributed by atoms with Crippen LogP contribution in [-0.4, -0.2) is 46.2 Å². The Morgan fingerprint density at radius 3 is 2.77 bits per heavy atom. The molecule has 0 saturated carbocycles. The van der Waals surface area contributed by atoms with E-state index in [0.717, 1.165) is 11.1 Å². The van der Waals surface area contributed by atoms with Crippen LogP contribution in [0, 0.1) is 0 Å². The first kappa shape index (κ1) is 18.3. The number of hydrogen-bond acceptors (Lipinski definition) is 6. The van der Waals surface area contributed by atoms with E-state index in [1.54, 1.807) is 12.1 Å². The summed E-state index contributed by atoms with van der Waals surface area (Å²) in [6, 6.07) is 3.31. The van der Waals surface area contributed by atoms with Gasteiger partial charge in [-0.1, -0.05) is 6.08 Å². The molecule has 0 bridgehead atoms. The van der Waals surface area contributed by atoms with E-state index in [9.17, 15) is 18.0 Å². The Hall–Kier alpha value is -1.71. The van der Waals surface area contributed by atoms with Gasteiger partial charge >= 0.3 is 5.97 Å². The van der Waals surface area contributed by atoms with Crippen LogP contribution in [0.25, 0.3) is 0 Å². The van der Waals surface area contributed by atoms with Gasteiger partial charge in [-0.25, -0.2) is 17.9 Å². The van der Waals surface area contributed by atoms with E-state index in [1.807, 2.05) is 0 Å². The van der Waals surface area contributed by atoms with Crippen LogP contribution in [0.3, 0.4) is 0 Å². The Morgan fingerprint density at radius 2 is 2.14 bits per heavy atom. The molecule has 0 aliphatic rings. The number of rotatable bonds is 9. The number of thiophene rings is 1. The van der Waals surface area contributed by atoms with Crippen molar-refractivity contribution in [3.63, 3.8) is 0 Å². The Morgan fingerprint density at radius 1 is 1.41 bits per heavy atom. The zero-order chi connectivity index (χ0) is 16.6. The largest absolute Gasteiger partial charge is 0.451 e. The molecule has 0 spiro atoms. The summed E-state index contributed by atoms with van der Waals surface area (Å²) in [5, 5.41) is 2.49. The van der Waals surface area contributed by atoms with Crippen molar-refractivity contribution < 1.29 is 22.7 Å². The molecule has 0 saturated heterocycles.